The lowest BCUT2D eigenvalue weighted by molar-refractivity contribution is 0.0941. The number of aromatic nitrogens is 1. The molecule has 1 aromatic rings. The Kier molecular flexibility index (Phi) is 4.66. The number of hydrogen-bond donors (Lipinski definition) is 3. The Morgan fingerprint density at radius 1 is 1.53 bits per heavy atom. The third-order valence-corrected chi connectivity index (χ3v) is 4.27. The second-order valence-electron chi connectivity index (χ2n) is 5.00. The molecule has 6 heteroatoms. The number of thioether (sulfide) groups is 1. The summed E-state index contributed by atoms with van der Waals surface area (Å²) in [6, 6.07) is 3.80. The molecule has 0 saturated carbocycles. The lowest BCUT2D eigenvalue weighted by Gasteiger charge is -2.14. The van der Waals surface area contributed by atoms with Gasteiger partial charge in [-0.1, -0.05) is 13.8 Å². The fourth-order valence-corrected chi connectivity index (χ4v) is 3.12. The summed E-state index contributed by atoms with van der Waals surface area (Å²) >= 11 is 1.88. The van der Waals surface area contributed by atoms with Gasteiger partial charge in [0.1, 0.15) is 5.82 Å². The SMILES string of the molecule is CC(C)c1cc(C(=O)NC2CCSC2)cc(NN)n1. The highest BCUT2D eigenvalue weighted by molar-refractivity contribution is 7.99. The van der Waals surface area contributed by atoms with Crippen molar-refractivity contribution in [3.8, 4) is 0 Å². The summed E-state index contributed by atoms with van der Waals surface area (Å²) in [6.07, 6.45) is 1.04. The smallest absolute Gasteiger partial charge is 0.251 e. The number of hydrazine groups is 1. The number of amides is 1. The van der Waals surface area contributed by atoms with Gasteiger partial charge in [0.2, 0.25) is 0 Å². The summed E-state index contributed by atoms with van der Waals surface area (Å²) in [5.41, 5.74) is 3.99. The molecule has 1 atom stereocenters. The predicted octanol–water partition coefficient (Wildman–Crippen LogP) is 1.73. The molecule has 1 unspecified atom stereocenters. The zero-order valence-corrected chi connectivity index (χ0v) is 12.1. The van der Waals surface area contributed by atoms with Gasteiger partial charge in [0, 0.05) is 23.1 Å². The van der Waals surface area contributed by atoms with E-state index in [1.165, 1.54) is 0 Å². The number of rotatable bonds is 4. The summed E-state index contributed by atoms with van der Waals surface area (Å²) in [5.74, 6) is 8.25. The lowest BCUT2D eigenvalue weighted by atomic mass is 10.1. The lowest BCUT2D eigenvalue weighted by Crippen LogP contribution is -2.34. The Hall–Kier alpha value is -1.27. The van der Waals surface area contributed by atoms with E-state index >= 15 is 0 Å². The molecular weight excluding hydrogens is 260 g/mol. The predicted molar refractivity (Wildman–Crippen MR) is 79.3 cm³/mol. The minimum atomic E-state index is -0.0479. The average Bonchev–Trinajstić information content (AvgIpc) is 2.90. The van der Waals surface area contributed by atoms with Gasteiger partial charge in [0.05, 0.1) is 0 Å². The van der Waals surface area contributed by atoms with Crippen molar-refractivity contribution in [3.63, 3.8) is 0 Å². The van der Waals surface area contributed by atoms with Crippen molar-refractivity contribution < 1.29 is 4.79 Å². The van der Waals surface area contributed by atoms with Crippen molar-refractivity contribution >= 4 is 23.5 Å². The number of nitrogens with two attached hydrogens (primary N) is 1. The number of carbonyl (C=O) groups is 1. The third kappa shape index (κ3) is 3.61. The first-order valence-electron chi connectivity index (χ1n) is 6.47. The topological polar surface area (TPSA) is 80.0 Å². The molecule has 2 rings (SSSR count). The summed E-state index contributed by atoms with van der Waals surface area (Å²) in [6.45, 7) is 4.08. The van der Waals surface area contributed by atoms with Gasteiger partial charge >= 0.3 is 0 Å². The molecular formula is C13H20N4OS. The second-order valence-corrected chi connectivity index (χ2v) is 6.15. The van der Waals surface area contributed by atoms with Gasteiger partial charge in [-0.15, -0.1) is 0 Å². The van der Waals surface area contributed by atoms with E-state index in [2.05, 4.69) is 15.7 Å². The van der Waals surface area contributed by atoms with Crippen molar-refractivity contribution in [1.29, 1.82) is 0 Å². The van der Waals surface area contributed by atoms with Crippen LogP contribution in [0.5, 0.6) is 0 Å². The van der Waals surface area contributed by atoms with Gasteiger partial charge in [-0.3, -0.25) is 4.79 Å². The molecule has 104 valence electrons. The van der Waals surface area contributed by atoms with Gasteiger partial charge in [0.15, 0.2) is 0 Å². The van der Waals surface area contributed by atoms with Crippen LogP contribution >= 0.6 is 11.8 Å². The van der Waals surface area contributed by atoms with Gasteiger partial charge in [-0.25, -0.2) is 10.8 Å². The molecule has 0 bridgehead atoms. The Morgan fingerprint density at radius 3 is 2.89 bits per heavy atom. The molecule has 0 aliphatic carbocycles. The number of pyridine rings is 1. The number of nitrogens with one attached hydrogen (secondary N) is 2. The number of nitrogens with zero attached hydrogens (tertiary/aromatic N) is 1. The molecule has 1 aliphatic heterocycles. The Labute approximate surface area is 117 Å². The summed E-state index contributed by atoms with van der Waals surface area (Å²) < 4.78 is 0. The zero-order valence-electron chi connectivity index (χ0n) is 11.3. The number of nitrogen functional groups attached to an aromatic ring is 1. The summed E-state index contributed by atoms with van der Waals surface area (Å²) in [4.78, 5) is 16.6. The second kappa shape index (κ2) is 6.25. The number of anilines is 1. The van der Waals surface area contributed by atoms with Gasteiger partial charge in [0.25, 0.3) is 5.91 Å². The fraction of sp³-hybridized carbons (Fsp3) is 0.538. The van der Waals surface area contributed by atoms with Gasteiger partial charge < -0.3 is 10.7 Å². The molecule has 4 N–H and O–H groups in total. The normalized spacial score (nSPS) is 18.6. The van der Waals surface area contributed by atoms with Crippen LogP contribution < -0.4 is 16.6 Å². The van der Waals surface area contributed by atoms with E-state index in [9.17, 15) is 4.79 Å². The Bertz CT molecular complexity index is 458. The number of hydrogen-bond acceptors (Lipinski definition) is 5. The van der Waals surface area contributed by atoms with Crippen LogP contribution in [-0.2, 0) is 0 Å². The van der Waals surface area contributed by atoms with Gasteiger partial charge in [-0.05, 0) is 30.2 Å². The first-order chi connectivity index (χ1) is 9.10. The maximum atomic E-state index is 12.2. The standard InChI is InChI=1S/C13H20N4OS/c1-8(2)11-5-9(6-12(16-11)17-14)13(18)15-10-3-4-19-7-10/h5-6,8,10H,3-4,7,14H2,1-2H3,(H,15,18)(H,16,17). The molecule has 1 aromatic heterocycles. The van der Waals surface area contributed by atoms with Crippen LogP contribution in [0.1, 0.15) is 42.2 Å². The van der Waals surface area contributed by atoms with Crippen molar-refractivity contribution in [3.05, 3.63) is 23.4 Å². The quantitative estimate of drug-likeness (QED) is 0.578. The highest BCUT2D eigenvalue weighted by Crippen LogP contribution is 2.20. The molecule has 0 aromatic carbocycles. The monoisotopic (exact) mass is 280 g/mol. The van der Waals surface area contributed by atoms with E-state index in [1.807, 2.05) is 31.7 Å². The largest absolute Gasteiger partial charge is 0.348 e. The summed E-state index contributed by atoms with van der Waals surface area (Å²) in [5, 5.41) is 3.06. The minimum absolute atomic E-state index is 0.0479. The van der Waals surface area contributed by atoms with Crippen molar-refractivity contribution in [2.24, 2.45) is 5.84 Å². The molecule has 5 nitrogen and oxygen atoms in total. The highest BCUT2D eigenvalue weighted by atomic mass is 32.2. The van der Waals surface area contributed by atoms with E-state index in [4.69, 9.17) is 5.84 Å². The van der Waals surface area contributed by atoms with E-state index < -0.39 is 0 Å². The molecule has 1 aliphatic rings. The van der Waals surface area contributed by atoms with Gasteiger partial charge in [-0.2, -0.15) is 11.8 Å². The van der Waals surface area contributed by atoms with Crippen LogP contribution in [0.3, 0.4) is 0 Å². The minimum Gasteiger partial charge on any atom is -0.348 e. The van der Waals surface area contributed by atoms with E-state index in [0.29, 0.717) is 11.4 Å². The first kappa shape index (κ1) is 14.1. The van der Waals surface area contributed by atoms with E-state index in [1.54, 1.807) is 6.07 Å². The molecule has 1 fully saturated rings. The van der Waals surface area contributed by atoms with Crippen LogP contribution in [-0.4, -0.2) is 28.4 Å². The van der Waals surface area contributed by atoms with Crippen LogP contribution in [0.4, 0.5) is 5.82 Å². The Morgan fingerprint density at radius 2 is 2.32 bits per heavy atom. The first-order valence-corrected chi connectivity index (χ1v) is 7.63. The molecule has 1 saturated heterocycles. The van der Waals surface area contributed by atoms with Crippen LogP contribution in [0, 0.1) is 0 Å². The maximum Gasteiger partial charge on any atom is 0.251 e. The fourth-order valence-electron chi connectivity index (χ4n) is 1.97. The third-order valence-electron chi connectivity index (χ3n) is 3.11. The van der Waals surface area contributed by atoms with Crippen LogP contribution in [0.25, 0.3) is 0 Å². The molecule has 1 amide bonds. The summed E-state index contributed by atoms with van der Waals surface area (Å²) in [7, 11) is 0. The zero-order chi connectivity index (χ0) is 13.8. The van der Waals surface area contributed by atoms with Crippen molar-refractivity contribution in [2.45, 2.75) is 32.2 Å². The van der Waals surface area contributed by atoms with Crippen molar-refractivity contribution in [1.82, 2.24) is 10.3 Å². The maximum absolute atomic E-state index is 12.2. The molecule has 19 heavy (non-hydrogen) atoms. The number of carbonyl (C=O) groups excluding carboxylic acids is 1. The van der Waals surface area contributed by atoms with Crippen LogP contribution in [0.2, 0.25) is 0 Å². The molecule has 0 radical (unpaired) electrons. The highest BCUT2D eigenvalue weighted by Gasteiger charge is 2.19. The van der Waals surface area contributed by atoms with E-state index in [0.717, 1.165) is 23.6 Å². The molecule has 0 spiro atoms. The van der Waals surface area contributed by atoms with Crippen molar-refractivity contribution in [2.75, 3.05) is 16.9 Å². The van der Waals surface area contributed by atoms with Crippen LogP contribution in [0.15, 0.2) is 12.1 Å². The molecule has 2 heterocycles. The van der Waals surface area contributed by atoms with E-state index in [-0.39, 0.29) is 17.9 Å². The average molecular weight is 280 g/mol. The Balaban J connectivity index is 2.17.